The number of nitrogens with one attached hydrogen (secondary N) is 1. The van der Waals surface area contributed by atoms with Crippen LogP contribution >= 0.6 is 0 Å². The van der Waals surface area contributed by atoms with E-state index < -0.39 is 16.9 Å². The summed E-state index contributed by atoms with van der Waals surface area (Å²) in [6.07, 6.45) is 13.4. The van der Waals surface area contributed by atoms with Gasteiger partial charge in [0.25, 0.3) is 0 Å². The van der Waals surface area contributed by atoms with Crippen molar-refractivity contribution in [1.29, 1.82) is 5.26 Å². The summed E-state index contributed by atoms with van der Waals surface area (Å²) < 4.78 is 5.54. The van der Waals surface area contributed by atoms with E-state index in [-0.39, 0.29) is 0 Å². The Balaban J connectivity index is 1.88. The molecule has 34 heavy (non-hydrogen) atoms. The molecule has 4 radical (unpaired) electrons. The molecule has 1 aromatic rings. The number of methoxy groups -OCH3 is 1. The van der Waals surface area contributed by atoms with Crippen LogP contribution in [0, 0.1) is 11.3 Å². The number of benzene rings is 1. The summed E-state index contributed by atoms with van der Waals surface area (Å²) in [5.41, 5.74) is 2.49. The molecular weight excluding hydrogens is 420 g/mol. The number of nitriles is 1. The normalized spacial score (nSPS) is 20.6. The molecule has 1 unspecified atom stereocenters. The predicted molar refractivity (Wildman–Crippen MR) is 139 cm³/mol. The summed E-state index contributed by atoms with van der Waals surface area (Å²) in [6, 6.07) is 8.94. The van der Waals surface area contributed by atoms with E-state index in [1.54, 1.807) is 25.5 Å². The molecule has 1 heterocycles. The van der Waals surface area contributed by atoms with Gasteiger partial charge in [-0.1, -0.05) is 48.9 Å². The van der Waals surface area contributed by atoms with Crippen LogP contribution in [0.3, 0.4) is 0 Å². The van der Waals surface area contributed by atoms with E-state index in [1.807, 2.05) is 43.4 Å². The fourth-order valence-electron chi connectivity index (χ4n) is 4.13. The molecule has 2 aliphatic rings. The smallest absolute Gasteiger partial charge is 0.142 e. The highest BCUT2D eigenvalue weighted by Crippen LogP contribution is 2.40. The van der Waals surface area contributed by atoms with Gasteiger partial charge >= 0.3 is 0 Å². The van der Waals surface area contributed by atoms with Crippen molar-refractivity contribution < 1.29 is 9.84 Å². The molecule has 5 nitrogen and oxygen atoms in total. The topological polar surface area (TPSA) is 77.6 Å². The monoisotopic (exact) mass is 451 g/mol. The van der Waals surface area contributed by atoms with E-state index in [4.69, 9.17) is 20.4 Å². The van der Waals surface area contributed by atoms with E-state index >= 15 is 0 Å². The molecule has 1 aromatic carbocycles. The number of rotatable bonds is 9. The van der Waals surface area contributed by atoms with Crippen LogP contribution in [0.1, 0.15) is 57.1 Å². The van der Waals surface area contributed by atoms with Gasteiger partial charge in [0.15, 0.2) is 0 Å². The number of hydrogen-bond donors (Lipinski definition) is 2. The summed E-state index contributed by atoms with van der Waals surface area (Å²) >= 11 is 0. The lowest BCUT2D eigenvalue weighted by Gasteiger charge is -2.39. The van der Waals surface area contributed by atoms with Crippen molar-refractivity contribution in [1.82, 2.24) is 5.32 Å². The largest absolute Gasteiger partial charge is 0.495 e. The number of nitrogens with zero attached hydrogens (tertiary/aromatic N) is 2. The third-order valence-electron chi connectivity index (χ3n) is 6.44. The number of ether oxygens (including phenoxy) is 1. The highest BCUT2D eigenvalue weighted by atomic mass is 16.5. The second kappa shape index (κ2) is 11.0. The summed E-state index contributed by atoms with van der Waals surface area (Å²) in [5, 5.41) is 22.2. The minimum absolute atomic E-state index is 0.473. The van der Waals surface area contributed by atoms with Gasteiger partial charge < -0.3 is 15.2 Å². The number of aliphatic hydroxyl groups is 1. The Morgan fingerprint density at radius 2 is 2.18 bits per heavy atom. The Morgan fingerprint density at radius 3 is 2.76 bits per heavy atom. The summed E-state index contributed by atoms with van der Waals surface area (Å²) in [7, 11) is 14.9. The van der Waals surface area contributed by atoms with E-state index in [9.17, 15) is 10.4 Å². The molecular formula is C27H31B2N3O2. The van der Waals surface area contributed by atoms with Crippen LogP contribution < -0.4 is 5.32 Å². The molecule has 1 atom stereocenters. The molecule has 1 aliphatic carbocycles. The molecule has 0 saturated heterocycles. The molecule has 1 aliphatic heterocycles. The van der Waals surface area contributed by atoms with Gasteiger partial charge in [-0.3, -0.25) is 4.99 Å². The van der Waals surface area contributed by atoms with Gasteiger partial charge in [0.2, 0.25) is 0 Å². The molecule has 3 rings (SSSR count). The second-order valence-corrected chi connectivity index (χ2v) is 8.82. The van der Waals surface area contributed by atoms with E-state index in [0.717, 1.165) is 24.8 Å². The van der Waals surface area contributed by atoms with Crippen molar-refractivity contribution in [2.24, 2.45) is 4.99 Å². The maximum absolute atomic E-state index is 10.9. The van der Waals surface area contributed by atoms with Crippen LogP contribution in [0.4, 0.5) is 0 Å². The third-order valence-corrected chi connectivity index (χ3v) is 6.44. The summed E-state index contributed by atoms with van der Waals surface area (Å²) in [4.78, 5) is 4.65. The van der Waals surface area contributed by atoms with Crippen molar-refractivity contribution >= 4 is 27.6 Å². The second-order valence-electron chi connectivity index (χ2n) is 8.82. The van der Waals surface area contributed by atoms with E-state index in [0.29, 0.717) is 41.1 Å². The third kappa shape index (κ3) is 5.39. The summed E-state index contributed by atoms with van der Waals surface area (Å²) in [6.45, 7) is 3.96. The minimum Gasteiger partial charge on any atom is -0.495 e. The van der Waals surface area contributed by atoms with Gasteiger partial charge in [-0.25, -0.2) is 0 Å². The first kappa shape index (κ1) is 25.6. The quantitative estimate of drug-likeness (QED) is 0.429. The van der Waals surface area contributed by atoms with Crippen LogP contribution in [-0.2, 0) is 4.74 Å². The van der Waals surface area contributed by atoms with Crippen LogP contribution in [0.15, 0.2) is 70.6 Å². The lowest BCUT2D eigenvalue weighted by Crippen LogP contribution is -2.43. The van der Waals surface area contributed by atoms with E-state index in [2.05, 4.69) is 23.3 Å². The van der Waals surface area contributed by atoms with Gasteiger partial charge in [0.05, 0.1) is 45.8 Å². The lowest BCUT2D eigenvalue weighted by molar-refractivity contribution is 0.00138. The van der Waals surface area contributed by atoms with Crippen LogP contribution in [0.5, 0.6) is 0 Å². The number of aliphatic imine (C=N–C) groups is 1. The first-order valence-corrected chi connectivity index (χ1v) is 11.7. The molecule has 7 heteroatoms. The molecule has 1 saturated carbocycles. The Bertz CT molecular complexity index is 1090. The average molecular weight is 451 g/mol. The van der Waals surface area contributed by atoms with Crippen molar-refractivity contribution in [3.05, 3.63) is 76.7 Å². The highest BCUT2D eigenvalue weighted by molar-refractivity contribution is 6.44. The number of allylic oxidation sites excluding steroid dienone is 3. The van der Waals surface area contributed by atoms with Gasteiger partial charge in [0.1, 0.15) is 11.4 Å². The summed E-state index contributed by atoms with van der Waals surface area (Å²) in [5.74, 6) is 0.620. The highest BCUT2D eigenvalue weighted by Gasteiger charge is 2.38. The Kier molecular flexibility index (Phi) is 8.28. The molecule has 172 valence electrons. The fraction of sp³-hybridized carbons (Fsp3) is 0.407. The first-order chi connectivity index (χ1) is 16.3. The zero-order valence-electron chi connectivity index (χ0n) is 20.2. The van der Waals surface area contributed by atoms with Gasteiger partial charge in [0, 0.05) is 17.8 Å². The Morgan fingerprint density at radius 1 is 1.41 bits per heavy atom. The maximum atomic E-state index is 10.9. The molecule has 1 fully saturated rings. The van der Waals surface area contributed by atoms with Crippen LogP contribution in [-0.4, -0.2) is 45.8 Å². The fourth-order valence-corrected chi connectivity index (χ4v) is 4.13. The predicted octanol–water partition coefficient (Wildman–Crippen LogP) is 4.47. The zero-order chi connectivity index (χ0) is 24.8. The standard InChI is InChI=1S/C27H31B2N3O2/c1-4-6-11-23(26(33)14-8-15-26)31-18-21(5-2)27(28,29)24-13-12-22(34-3)25(32-24)20-10-7-9-19(16-20)17-30/h5,7,9-13,16,18,24,32-33H,4,6,8,14-15H2,1-3H3/b21-5+,23-11+,31-18+. The molecule has 0 aromatic heterocycles. The van der Waals surface area contributed by atoms with Gasteiger partial charge in [-0.15, -0.1) is 0 Å². The number of hydrogen-bond acceptors (Lipinski definition) is 5. The van der Waals surface area contributed by atoms with Gasteiger partial charge in [-0.2, -0.15) is 5.26 Å². The number of dihydropyridines is 1. The van der Waals surface area contributed by atoms with Crippen molar-refractivity contribution in [3.63, 3.8) is 0 Å². The molecule has 2 N–H and O–H groups in total. The maximum Gasteiger partial charge on any atom is 0.142 e. The minimum atomic E-state index is -1.30. The molecule has 0 amide bonds. The van der Waals surface area contributed by atoms with Crippen molar-refractivity contribution in [2.45, 2.75) is 62.8 Å². The first-order valence-electron chi connectivity index (χ1n) is 11.7. The zero-order valence-corrected chi connectivity index (χ0v) is 20.2. The molecule has 0 bridgehead atoms. The molecule has 0 spiro atoms. The van der Waals surface area contributed by atoms with Crippen molar-refractivity contribution in [2.75, 3.05) is 7.11 Å². The Hall–Kier alpha value is -2.97. The van der Waals surface area contributed by atoms with Crippen molar-refractivity contribution in [3.8, 4) is 6.07 Å². The van der Waals surface area contributed by atoms with E-state index in [1.165, 1.54) is 0 Å². The Labute approximate surface area is 205 Å². The lowest BCUT2D eigenvalue weighted by atomic mass is 9.46. The number of unbranched alkanes of at least 4 members (excludes halogenated alkanes) is 1. The average Bonchev–Trinajstić information content (AvgIpc) is 2.84. The van der Waals surface area contributed by atoms with Crippen LogP contribution in [0.25, 0.3) is 5.70 Å². The SMILES string of the molecule is [B]C([B])(C(=C/C)/C=N/C(=C/CCC)C1(O)CCC1)C1C=CC(OC)=C(c2cccc(C#N)c2)N1. The van der Waals surface area contributed by atoms with Crippen LogP contribution in [0.2, 0.25) is 5.21 Å². The van der Waals surface area contributed by atoms with Gasteiger partial charge in [-0.05, 0) is 56.4 Å².